The Balaban J connectivity index is 2.05. The highest BCUT2D eigenvalue weighted by atomic mass is 16.5. The SMILES string of the molecule is C1=CC(c2cccc3c2OCC3)NC1. The third-order valence-corrected chi connectivity index (χ3v) is 2.86. The average molecular weight is 187 g/mol. The van der Waals surface area contributed by atoms with Gasteiger partial charge in [0, 0.05) is 18.5 Å². The van der Waals surface area contributed by atoms with E-state index in [1.807, 2.05) is 0 Å². The van der Waals surface area contributed by atoms with Crippen molar-refractivity contribution in [2.24, 2.45) is 0 Å². The second-order valence-electron chi connectivity index (χ2n) is 3.75. The largest absolute Gasteiger partial charge is 0.493 e. The summed E-state index contributed by atoms with van der Waals surface area (Å²) in [5.74, 6) is 1.11. The van der Waals surface area contributed by atoms with Gasteiger partial charge in [-0.15, -0.1) is 0 Å². The van der Waals surface area contributed by atoms with Gasteiger partial charge in [0.2, 0.25) is 0 Å². The lowest BCUT2D eigenvalue weighted by Gasteiger charge is -2.13. The first kappa shape index (κ1) is 8.06. The van der Waals surface area contributed by atoms with Crippen LogP contribution in [-0.4, -0.2) is 13.2 Å². The molecule has 0 amide bonds. The Bertz CT molecular complexity index is 384. The van der Waals surface area contributed by atoms with Crippen LogP contribution in [0.25, 0.3) is 0 Å². The molecule has 72 valence electrons. The highest BCUT2D eigenvalue weighted by molar-refractivity contribution is 5.47. The van der Waals surface area contributed by atoms with E-state index in [0.717, 1.165) is 25.3 Å². The fourth-order valence-corrected chi connectivity index (χ4v) is 2.17. The van der Waals surface area contributed by atoms with E-state index >= 15 is 0 Å². The highest BCUT2D eigenvalue weighted by Crippen LogP contribution is 2.34. The molecule has 3 rings (SSSR count). The quantitative estimate of drug-likeness (QED) is 0.677. The molecule has 1 unspecified atom stereocenters. The number of fused-ring (bicyclic) bond motifs is 1. The first-order valence-corrected chi connectivity index (χ1v) is 5.10. The molecule has 14 heavy (non-hydrogen) atoms. The van der Waals surface area contributed by atoms with E-state index < -0.39 is 0 Å². The highest BCUT2D eigenvalue weighted by Gasteiger charge is 2.21. The third kappa shape index (κ3) is 1.15. The van der Waals surface area contributed by atoms with E-state index in [1.54, 1.807) is 0 Å². The molecule has 1 N–H and O–H groups in total. The molecule has 2 aliphatic heterocycles. The lowest BCUT2D eigenvalue weighted by molar-refractivity contribution is 0.351. The second-order valence-corrected chi connectivity index (χ2v) is 3.75. The summed E-state index contributed by atoms with van der Waals surface area (Å²) in [6, 6.07) is 6.78. The Morgan fingerprint density at radius 3 is 3.21 bits per heavy atom. The monoisotopic (exact) mass is 187 g/mol. The maximum atomic E-state index is 5.67. The van der Waals surface area contributed by atoms with Crippen molar-refractivity contribution in [2.45, 2.75) is 12.5 Å². The Hall–Kier alpha value is -1.28. The number of hydrogen-bond donors (Lipinski definition) is 1. The summed E-state index contributed by atoms with van der Waals surface area (Å²) in [7, 11) is 0. The van der Waals surface area contributed by atoms with Gasteiger partial charge in [-0.25, -0.2) is 0 Å². The normalized spacial score (nSPS) is 23.6. The van der Waals surface area contributed by atoms with Crippen LogP contribution in [0, 0.1) is 0 Å². The molecule has 2 nitrogen and oxygen atoms in total. The molecule has 1 atom stereocenters. The molecule has 0 bridgehead atoms. The topological polar surface area (TPSA) is 21.3 Å². The van der Waals surface area contributed by atoms with Gasteiger partial charge in [-0.05, 0) is 5.56 Å². The van der Waals surface area contributed by atoms with Crippen molar-refractivity contribution in [3.05, 3.63) is 41.5 Å². The average Bonchev–Trinajstić information content (AvgIpc) is 2.88. The maximum Gasteiger partial charge on any atom is 0.127 e. The molecular formula is C12H13NO. The van der Waals surface area contributed by atoms with Gasteiger partial charge in [-0.3, -0.25) is 0 Å². The van der Waals surface area contributed by atoms with Gasteiger partial charge < -0.3 is 10.1 Å². The van der Waals surface area contributed by atoms with Crippen LogP contribution in [0.15, 0.2) is 30.4 Å². The minimum atomic E-state index is 0.350. The van der Waals surface area contributed by atoms with E-state index in [1.165, 1.54) is 11.1 Å². The Kier molecular flexibility index (Phi) is 1.81. The molecule has 2 heterocycles. The van der Waals surface area contributed by atoms with Crippen molar-refractivity contribution in [3.8, 4) is 5.75 Å². The van der Waals surface area contributed by atoms with Gasteiger partial charge in [0.15, 0.2) is 0 Å². The Morgan fingerprint density at radius 1 is 1.36 bits per heavy atom. The Labute approximate surface area is 83.6 Å². The number of rotatable bonds is 1. The summed E-state index contributed by atoms with van der Waals surface area (Å²) in [4.78, 5) is 0. The lowest BCUT2D eigenvalue weighted by Crippen LogP contribution is -2.14. The van der Waals surface area contributed by atoms with Gasteiger partial charge in [0.05, 0.1) is 12.6 Å². The van der Waals surface area contributed by atoms with Crippen molar-refractivity contribution in [3.63, 3.8) is 0 Å². The van der Waals surface area contributed by atoms with E-state index in [-0.39, 0.29) is 0 Å². The molecule has 0 saturated carbocycles. The number of ether oxygens (including phenoxy) is 1. The lowest BCUT2D eigenvalue weighted by atomic mass is 10.0. The first-order valence-electron chi connectivity index (χ1n) is 5.10. The summed E-state index contributed by atoms with van der Waals surface area (Å²) in [6.07, 6.45) is 5.43. The minimum absolute atomic E-state index is 0.350. The maximum absolute atomic E-state index is 5.67. The molecule has 0 spiro atoms. The van der Waals surface area contributed by atoms with E-state index in [9.17, 15) is 0 Å². The molecule has 2 heteroatoms. The molecule has 0 radical (unpaired) electrons. The van der Waals surface area contributed by atoms with Crippen LogP contribution in [0.4, 0.5) is 0 Å². The van der Waals surface area contributed by atoms with E-state index in [2.05, 4.69) is 35.7 Å². The zero-order valence-electron chi connectivity index (χ0n) is 7.99. The van der Waals surface area contributed by atoms with Crippen LogP contribution in [0.3, 0.4) is 0 Å². The van der Waals surface area contributed by atoms with Crippen molar-refractivity contribution >= 4 is 0 Å². The molecule has 0 aromatic heterocycles. The van der Waals surface area contributed by atoms with Gasteiger partial charge >= 0.3 is 0 Å². The molecule has 1 aromatic carbocycles. The molecular weight excluding hydrogens is 174 g/mol. The van der Waals surface area contributed by atoms with Crippen LogP contribution in [-0.2, 0) is 6.42 Å². The summed E-state index contributed by atoms with van der Waals surface area (Å²) < 4.78 is 5.67. The zero-order valence-corrected chi connectivity index (χ0v) is 7.99. The van der Waals surface area contributed by atoms with Crippen LogP contribution in [0.2, 0.25) is 0 Å². The van der Waals surface area contributed by atoms with Crippen molar-refractivity contribution in [1.29, 1.82) is 0 Å². The van der Waals surface area contributed by atoms with Crippen molar-refractivity contribution < 1.29 is 4.74 Å². The summed E-state index contributed by atoms with van der Waals surface area (Å²) in [6.45, 7) is 1.80. The number of nitrogens with one attached hydrogen (secondary N) is 1. The number of benzene rings is 1. The van der Waals surface area contributed by atoms with Crippen LogP contribution in [0.5, 0.6) is 5.75 Å². The van der Waals surface area contributed by atoms with Crippen molar-refractivity contribution in [2.75, 3.05) is 13.2 Å². The van der Waals surface area contributed by atoms with E-state index in [4.69, 9.17) is 4.74 Å². The molecule has 0 saturated heterocycles. The predicted octanol–water partition coefficient (Wildman–Crippen LogP) is 1.82. The molecule has 2 aliphatic rings. The fraction of sp³-hybridized carbons (Fsp3) is 0.333. The van der Waals surface area contributed by atoms with Crippen LogP contribution < -0.4 is 10.1 Å². The summed E-state index contributed by atoms with van der Waals surface area (Å²) in [5, 5.41) is 3.41. The predicted molar refractivity (Wildman–Crippen MR) is 55.5 cm³/mol. The molecule has 1 aromatic rings. The van der Waals surface area contributed by atoms with Crippen LogP contribution >= 0.6 is 0 Å². The van der Waals surface area contributed by atoms with Crippen molar-refractivity contribution in [1.82, 2.24) is 5.32 Å². The van der Waals surface area contributed by atoms with Gasteiger partial charge in [-0.2, -0.15) is 0 Å². The standard InChI is InChI=1S/C12H13NO/c1-3-9-6-8-14-12(9)10(4-1)11-5-2-7-13-11/h1-5,11,13H,6-8H2. The van der Waals surface area contributed by atoms with Crippen LogP contribution in [0.1, 0.15) is 17.2 Å². The minimum Gasteiger partial charge on any atom is -0.493 e. The third-order valence-electron chi connectivity index (χ3n) is 2.86. The summed E-state index contributed by atoms with van der Waals surface area (Å²) in [5.41, 5.74) is 2.64. The van der Waals surface area contributed by atoms with Gasteiger partial charge in [0.1, 0.15) is 5.75 Å². The van der Waals surface area contributed by atoms with Gasteiger partial charge in [-0.1, -0.05) is 30.4 Å². The number of hydrogen-bond acceptors (Lipinski definition) is 2. The smallest absolute Gasteiger partial charge is 0.127 e. The first-order chi connectivity index (χ1) is 6.95. The van der Waals surface area contributed by atoms with E-state index in [0.29, 0.717) is 6.04 Å². The molecule has 0 aliphatic carbocycles. The Morgan fingerprint density at radius 2 is 2.36 bits per heavy atom. The summed E-state index contributed by atoms with van der Waals surface area (Å²) >= 11 is 0. The number of para-hydroxylation sites is 1. The second kappa shape index (κ2) is 3.14. The molecule has 0 fully saturated rings. The zero-order chi connectivity index (χ0) is 9.38. The fourth-order valence-electron chi connectivity index (χ4n) is 2.17. The van der Waals surface area contributed by atoms with Gasteiger partial charge in [0.25, 0.3) is 0 Å².